The van der Waals surface area contributed by atoms with Gasteiger partial charge in [0.1, 0.15) is 5.75 Å². The van der Waals surface area contributed by atoms with Crippen LogP contribution in [-0.4, -0.2) is 28.2 Å². The highest BCUT2D eigenvalue weighted by Crippen LogP contribution is 2.42. The zero-order valence-electron chi connectivity index (χ0n) is 18.3. The number of hydrogen-bond donors (Lipinski definition) is 2. The molecule has 0 aliphatic heterocycles. The van der Waals surface area contributed by atoms with Crippen molar-refractivity contribution in [3.05, 3.63) is 77.5 Å². The van der Waals surface area contributed by atoms with Crippen molar-refractivity contribution in [1.29, 1.82) is 0 Å². The number of carboxylic acid groups (broad SMARTS) is 1. The largest absolute Gasteiger partial charge is 0.481 e. The van der Waals surface area contributed by atoms with E-state index >= 15 is 0 Å². The average Bonchev–Trinajstić information content (AvgIpc) is 2.96. The molecule has 1 amide bonds. The van der Waals surface area contributed by atoms with Crippen molar-refractivity contribution >= 4 is 33.6 Å². The van der Waals surface area contributed by atoms with Crippen LogP contribution in [0.4, 0.5) is 0 Å². The lowest BCUT2D eigenvalue weighted by Gasteiger charge is -2.14. The van der Waals surface area contributed by atoms with E-state index in [-0.39, 0.29) is 5.91 Å². The molecule has 1 aromatic heterocycles. The highest BCUT2D eigenvalue weighted by Gasteiger charge is 2.31. The summed E-state index contributed by atoms with van der Waals surface area (Å²) < 4.78 is 7.93. The minimum Gasteiger partial charge on any atom is -0.481 e. The monoisotopic (exact) mass is 442 g/mol. The Kier molecular flexibility index (Phi) is 5.50. The van der Waals surface area contributed by atoms with Gasteiger partial charge in [-0.05, 0) is 59.4 Å². The van der Waals surface area contributed by atoms with Crippen molar-refractivity contribution in [2.75, 3.05) is 6.61 Å². The SMILES string of the molecule is NC(=O)C1CCCCc2c1c1c(OCC(=O)O)cccc1n2Cc1ccc2ccccc2c1. The first kappa shape index (κ1) is 21.1. The smallest absolute Gasteiger partial charge is 0.341 e. The normalized spacial score (nSPS) is 15.8. The molecule has 1 atom stereocenters. The molecule has 0 saturated carbocycles. The van der Waals surface area contributed by atoms with Gasteiger partial charge in [-0.2, -0.15) is 0 Å². The number of rotatable bonds is 6. The van der Waals surface area contributed by atoms with Crippen LogP contribution in [0.1, 0.15) is 42.0 Å². The fraction of sp³-hybridized carbons (Fsp3) is 0.259. The van der Waals surface area contributed by atoms with E-state index in [1.807, 2.05) is 24.3 Å². The summed E-state index contributed by atoms with van der Waals surface area (Å²) in [4.78, 5) is 23.7. The van der Waals surface area contributed by atoms with Gasteiger partial charge >= 0.3 is 5.97 Å². The van der Waals surface area contributed by atoms with Crippen LogP contribution in [0.2, 0.25) is 0 Å². The summed E-state index contributed by atoms with van der Waals surface area (Å²) in [7, 11) is 0. The van der Waals surface area contributed by atoms with E-state index in [2.05, 4.69) is 34.9 Å². The van der Waals surface area contributed by atoms with Crippen LogP contribution in [0, 0.1) is 0 Å². The summed E-state index contributed by atoms with van der Waals surface area (Å²) in [5.74, 6) is -1.33. The van der Waals surface area contributed by atoms with Gasteiger partial charge in [0.2, 0.25) is 5.91 Å². The lowest BCUT2D eigenvalue weighted by molar-refractivity contribution is -0.139. The van der Waals surface area contributed by atoms with Gasteiger partial charge in [-0.1, -0.05) is 48.9 Å². The fourth-order valence-electron chi connectivity index (χ4n) is 5.13. The van der Waals surface area contributed by atoms with E-state index in [9.17, 15) is 9.59 Å². The molecule has 5 rings (SSSR count). The van der Waals surface area contributed by atoms with Gasteiger partial charge < -0.3 is 20.1 Å². The Morgan fingerprint density at radius 1 is 1.03 bits per heavy atom. The quantitative estimate of drug-likeness (QED) is 0.427. The van der Waals surface area contributed by atoms with Crippen LogP contribution in [-0.2, 0) is 22.6 Å². The Labute approximate surface area is 191 Å². The number of carboxylic acids is 1. The van der Waals surface area contributed by atoms with Gasteiger partial charge in [0, 0.05) is 17.6 Å². The van der Waals surface area contributed by atoms with Crippen LogP contribution in [0.15, 0.2) is 60.7 Å². The standard InChI is InChI=1S/C27H26N2O4/c28-27(32)20-8-3-4-9-21-25(20)26-22(10-5-11-23(26)33-16-24(30)31)29(21)15-17-12-13-18-6-1-2-7-19(18)14-17/h1-2,5-7,10-14,20H,3-4,8-9,15-16H2,(H2,28,32)(H,30,31). The highest BCUT2D eigenvalue weighted by atomic mass is 16.5. The van der Waals surface area contributed by atoms with Gasteiger partial charge in [-0.15, -0.1) is 0 Å². The number of nitrogens with zero attached hydrogens (tertiary/aromatic N) is 1. The van der Waals surface area contributed by atoms with Gasteiger partial charge in [0.15, 0.2) is 6.61 Å². The number of primary amides is 1. The third-order valence-corrected chi connectivity index (χ3v) is 6.56. The molecule has 3 aromatic carbocycles. The van der Waals surface area contributed by atoms with E-state index in [1.54, 1.807) is 6.07 Å². The second-order valence-electron chi connectivity index (χ2n) is 8.66. The lowest BCUT2D eigenvalue weighted by Crippen LogP contribution is -2.21. The molecule has 1 aliphatic carbocycles. The first-order valence-corrected chi connectivity index (χ1v) is 11.3. The Balaban J connectivity index is 1.70. The van der Waals surface area contributed by atoms with Crippen LogP contribution >= 0.6 is 0 Å². The molecule has 0 spiro atoms. The van der Waals surface area contributed by atoms with Crippen molar-refractivity contribution in [2.24, 2.45) is 5.73 Å². The van der Waals surface area contributed by atoms with Crippen LogP contribution in [0.25, 0.3) is 21.7 Å². The van der Waals surface area contributed by atoms with E-state index in [0.717, 1.165) is 47.0 Å². The third kappa shape index (κ3) is 3.93. The van der Waals surface area contributed by atoms with Gasteiger partial charge in [0.25, 0.3) is 0 Å². The molecule has 1 unspecified atom stereocenters. The first-order chi connectivity index (χ1) is 16.0. The molecule has 168 valence electrons. The maximum absolute atomic E-state index is 12.5. The zero-order chi connectivity index (χ0) is 22.9. The number of aromatic nitrogens is 1. The molecular weight excluding hydrogens is 416 g/mol. The summed E-state index contributed by atoms with van der Waals surface area (Å²) in [6, 6.07) is 20.4. The Morgan fingerprint density at radius 2 is 1.85 bits per heavy atom. The van der Waals surface area contributed by atoms with Gasteiger partial charge in [0.05, 0.1) is 11.4 Å². The van der Waals surface area contributed by atoms with E-state index in [4.69, 9.17) is 15.6 Å². The van der Waals surface area contributed by atoms with Crippen molar-refractivity contribution in [2.45, 2.75) is 38.1 Å². The van der Waals surface area contributed by atoms with Crippen LogP contribution in [0.5, 0.6) is 5.75 Å². The Hall–Kier alpha value is -3.80. The van der Waals surface area contributed by atoms with Crippen LogP contribution in [0.3, 0.4) is 0 Å². The highest BCUT2D eigenvalue weighted by molar-refractivity contribution is 5.97. The maximum atomic E-state index is 12.5. The minimum atomic E-state index is -1.04. The molecule has 1 aliphatic rings. The molecule has 0 fully saturated rings. The summed E-state index contributed by atoms with van der Waals surface area (Å²) in [5.41, 5.74) is 9.94. The Bertz CT molecular complexity index is 1370. The molecule has 33 heavy (non-hydrogen) atoms. The Morgan fingerprint density at radius 3 is 2.64 bits per heavy atom. The van der Waals surface area contributed by atoms with E-state index in [1.165, 1.54) is 10.8 Å². The fourth-order valence-corrected chi connectivity index (χ4v) is 5.13. The van der Waals surface area contributed by atoms with Crippen molar-refractivity contribution in [3.8, 4) is 5.75 Å². The first-order valence-electron chi connectivity index (χ1n) is 11.3. The third-order valence-electron chi connectivity index (χ3n) is 6.56. The van der Waals surface area contributed by atoms with E-state index < -0.39 is 18.5 Å². The molecular formula is C27H26N2O4. The van der Waals surface area contributed by atoms with Crippen molar-refractivity contribution in [1.82, 2.24) is 4.57 Å². The number of benzene rings is 3. The molecule has 0 radical (unpaired) electrons. The second kappa shape index (κ2) is 8.62. The lowest BCUT2D eigenvalue weighted by atomic mass is 9.92. The molecule has 1 heterocycles. The number of amides is 1. The average molecular weight is 443 g/mol. The molecule has 6 heteroatoms. The predicted octanol–water partition coefficient (Wildman–Crippen LogP) is 4.60. The maximum Gasteiger partial charge on any atom is 0.341 e. The molecule has 0 saturated heterocycles. The summed E-state index contributed by atoms with van der Waals surface area (Å²) in [5, 5.41) is 12.3. The minimum absolute atomic E-state index is 0.351. The second-order valence-corrected chi connectivity index (χ2v) is 8.66. The number of carbonyl (C=O) groups is 2. The summed E-state index contributed by atoms with van der Waals surface area (Å²) in [6.45, 7) is 0.204. The molecule has 0 bridgehead atoms. The van der Waals surface area contributed by atoms with Gasteiger partial charge in [-0.25, -0.2) is 4.79 Å². The van der Waals surface area contributed by atoms with Crippen molar-refractivity contribution < 1.29 is 19.4 Å². The number of aliphatic carboxylic acids is 1. The van der Waals surface area contributed by atoms with E-state index in [0.29, 0.717) is 18.7 Å². The number of ether oxygens (including phenoxy) is 1. The number of fused-ring (bicyclic) bond motifs is 4. The predicted molar refractivity (Wildman–Crippen MR) is 128 cm³/mol. The number of nitrogens with two attached hydrogens (primary N) is 1. The molecule has 4 aromatic rings. The number of hydrogen-bond acceptors (Lipinski definition) is 3. The summed E-state index contributed by atoms with van der Waals surface area (Å²) >= 11 is 0. The number of carbonyl (C=O) groups excluding carboxylic acids is 1. The van der Waals surface area contributed by atoms with Crippen molar-refractivity contribution in [3.63, 3.8) is 0 Å². The van der Waals surface area contributed by atoms with Gasteiger partial charge in [-0.3, -0.25) is 4.79 Å². The summed E-state index contributed by atoms with van der Waals surface area (Å²) in [6.07, 6.45) is 3.40. The molecule has 3 N–H and O–H groups in total. The molecule has 6 nitrogen and oxygen atoms in total. The van der Waals surface area contributed by atoms with Crippen LogP contribution < -0.4 is 10.5 Å². The zero-order valence-corrected chi connectivity index (χ0v) is 18.3. The topological polar surface area (TPSA) is 94.6 Å².